The lowest BCUT2D eigenvalue weighted by molar-refractivity contribution is -0.169. The van der Waals surface area contributed by atoms with E-state index in [1.807, 2.05) is 11.8 Å². The van der Waals surface area contributed by atoms with Crippen molar-refractivity contribution >= 4 is 40.9 Å². The number of thiazole rings is 1. The van der Waals surface area contributed by atoms with Gasteiger partial charge in [0.2, 0.25) is 11.7 Å². The summed E-state index contributed by atoms with van der Waals surface area (Å²) in [5, 5.41) is 5.94. The van der Waals surface area contributed by atoms with Crippen molar-refractivity contribution in [1.82, 2.24) is 35.0 Å². The van der Waals surface area contributed by atoms with Crippen molar-refractivity contribution in [2.24, 2.45) is 0 Å². The molecule has 2 aromatic heterocycles. The molecule has 55 heavy (non-hydrogen) atoms. The molecule has 3 saturated heterocycles. The highest BCUT2D eigenvalue weighted by Gasteiger charge is 2.46. The summed E-state index contributed by atoms with van der Waals surface area (Å²) in [5.74, 6) is -1.56. The van der Waals surface area contributed by atoms with Crippen LogP contribution in [0.5, 0.6) is 0 Å². The molecule has 1 unspecified atom stereocenters. The zero-order valence-electron chi connectivity index (χ0n) is 32.4. The SMILES string of the molecule is CCOC(=O)c1cnc(N2CCN(C[C@H]3CN(C(C(=O)OC(C)(C)C)C(=O)N4CCC[C@H]4c4nc(C(=O)c5ccc(F)cc5)cs4)[C@H](C)CN3)[C@H](C)C2)nc1. The summed E-state index contributed by atoms with van der Waals surface area (Å²) >= 11 is 1.31. The molecule has 0 bridgehead atoms. The van der Waals surface area contributed by atoms with Crippen molar-refractivity contribution in [2.45, 2.75) is 90.2 Å². The molecule has 0 saturated carbocycles. The number of halogens is 1. The minimum absolute atomic E-state index is 0.0311. The van der Waals surface area contributed by atoms with Gasteiger partial charge in [0.1, 0.15) is 22.1 Å². The largest absolute Gasteiger partial charge is 0.462 e. The van der Waals surface area contributed by atoms with Crippen LogP contribution in [0.25, 0.3) is 0 Å². The van der Waals surface area contributed by atoms with Crippen LogP contribution in [0.4, 0.5) is 10.3 Å². The number of aromatic nitrogens is 3. The van der Waals surface area contributed by atoms with Gasteiger partial charge in [-0.1, -0.05) is 0 Å². The van der Waals surface area contributed by atoms with E-state index in [9.17, 15) is 23.6 Å². The number of carbonyl (C=O) groups is 4. The van der Waals surface area contributed by atoms with Gasteiger partial charge in [-0.25, -0.2) is 28.9 Å². The van der Waals surface area contributed by atoms with Crippen LogP contribution in [-0.2, 0) is 19.1 Å². The predicted octanol–water partition coefficient (Wildman–Crippen LogP) is 3.73. The number of amides is 1. The molecule has 16 heteroatoms. The van der Waals surface area contributed by atoms with E-state index in [1.165, 1.54) is 48.0 Å². The van der Waals surface area contributed by atoms with Gasteiger partial charge < -0.3 is 24.6 Å². The molecule has 14 nitrogen and oxygen atoms in total. The Morgan fingerprint density at radius 1 is 1.00 bits per heavy atom. The van der Waals surface area contributed by atoms with Crippen LogP contribution in [-0.4, -0.2) is 135 Å². The highest BCUT2D eigenvalue weighted by Crippen LogP contribution is 2.36. The third-order valence-corrected chi connectivity index (χ3v) is 11.2. The summed E-state index contributed by atoms with van der Waals surface area (Å²) < 4.78 is 24.5. The van der Waals surface area contributed by atoms with Gasteiger partial charge in [0.05, 0.1) is 18.2 Å². The quantitative estimate of drug-likeness (QED) is 0.171. The number of carbonyl (C=O) groups excluding carboxylic acids is 4. The third-order valence-electron chi connectivity index (χ3n) is 10.2. The van der Waals surface area contributed by atoms with E-state index in [2.05, 4.69) is 37.0 Å². The molecule has 0 aliphatic carbocycles. The van der Waals surface area contributed by atoms with Gasteiger partial charge in [-0.2, -0.15) is 0 Å². The lowest BCUT2D eigenvalue weighted by Gasteiger charge is -2.46. The molecule has 3 aliphatic rings. The van der Waals surface area contributed by atoms with Gasteiger partial charge in [-0.05, 0) is 78.6 Å². The molecule has 5 atom stereocenters. The van der Waals surface area contributed by atoms with E-state index in [4.69, 9.17) is 9.47 Å². The fraction of sp³-hybridized carbons (Fsp3) is 0.564. The molecule has 1 N–H and O–H groups in total. The summed E-state index contributed by atoms with van der Waals surface area (Å²) in [7, 11) is 0. The Bertz CT molecular complexity index is 1840. The Morgan fingerprint density at radius 3 is 2.40 bits per heavy atom. The molecular weight excluding hydrogens is 728 g/mol. The maximum absolute atomic E-state index is 14.7. The summed E-state index contributed by atoms with van der Waals surface area (Å²) in [6.07, 6.45) is 4.37. The van der Waals surface area contributed by atoms with Crippen LogP contribution in [0.2, 0.25) is 0 Å². The normalized spacial score (nSPS) is 23.0. The predicted molar refractivity (Wildman–Crippen MR) is 204 cm³/mol. The Labute approximate surface area is 325 Å². The first kappa shape index (κ1) is 40.3. The molecular formula is C39H51FN8O6S. The van der Waals surface area contributed by atoms with Gasteiger partial charge in [-0.3, -0.25) is 19.4 Å². The summed E-state index contributed by atoms with van der Waals surface area (Å²) in [5.41, 5.74) is 0.0784. The molecule has 3 fully saturated rings. The Morgan fingerprint density at radius 2 is 1.73 bits per heavy atom. The number of hydrogen-bond acceptors (Lipinski definition) is 14. The molecule has 296 valence electrons. The Kier molecular flexibility index (Phi) is 12.6. The summed E-state index contributed by atoms with van der Waals surface area (Å²) in [4.78, 5) is 75.6. The number of piperazine rings is 2. The molecule has 6 rings (SSSR count). The van der Waals surface area contributed by atoms with Crippen LogP contribution >= 0.6 is 11.3 Å². The minimum Gasteiger partial charge on any atom is -0.462 e. The number of rotatable bonds is 11. The smallest absolute Gasteiger partial charge is 0.341 e. The molecule has 0 spiro atoms. The zero-order valence-corrected chi connectivity index (χ0v) is 33.2. The molecule has 3 aromatic rings. The standard InChI is InChI=1S/C39H51FN8O6S/c1-7-53-36(51)27-18-42-38(43-19-27)46-16-15-45(25(3)20-46)21-29-22-48(24(2)17-41-29)32(37(52)54-39(4,5)6)35(50)47-14-8-9-31(47)34-44-30(23-55-34)33(49)26-10-12-28(40)13-11-26/h10-13,18-19,23-25,29,31-32,41H,7-9,14-17,20-22H2,1-6H3/t24-,25-,29+,31+,32?/m1/s1. The maximum atomic E-state index is 14.7. The molecule has 0 radical (unpaired) electrons. The molecule has 5 heterocycles. The fourth-order valence-electron chi connectivity index (χ4n) is 7.45. The van der Waals surface area contributed by atoms with Gasteiger partial charge >= 0.3 is 11.9 Å². The van der Waals surface area contributed by atoms with Crippen LogP contribution in [0.15, 0.2) is 42.0 Å². The van der Waals surface area contributed by atoms with Crippen LogP contribution in [0.3, 0.4) is 0 Å². The van der Waals surface area contributed by atoms with Crippen molar-refractivity contribution < 1.29 is 33.0 Å². The maximum Gasteiger partial charge on any atom is 0.341 e. The number of hydrogen-bond donors (Lipinski definition) is 1. The Hall–Kier alpha value is -4.38. The molecule has 1 amide bonds. The number of benzene rings is 1. The third kappa shape index (κ3) is 9.54. The number of nitrogens with zero attached hydrogens (tertiary/aromatic N) is 7. The minimum atomic E-state index is -1.16. The number of nitrogens with one attached hydrogen (secondary N) is 1. The summed E-state index contributed by atoms with van der Waals surface area (Å²) in [6.45, 7) is 15.9. The second-order valence-corrected chi connectivity index (χ2v) is 16.4. The van der Waals surface area contributed by atoms with E-state index in [0.29, 0.717) is 67.8 Å². The monoisotopic (exact) mass is 778 g/mol. The first-order chi connectivity index (χ1) is 26.2. The van der Waals surface area contributed by atoms with E-state index < -0.39 is 35.4 Å². The van der Waals surface area contributed by atoms with Crippen molar-refractivity contribution in [3.05, 3.63) is 69.7 Å². The topological polar surface area (TPSA) is 150 Å². The average Bonchev–Trinajstić information content (AvgIpc) is 3.84. The number of likely N-dealkylation sites (tertiary alicyclic amines) is 1. The lowest BCUT2D eigenvalue weighted by Crippen LogP contribution is -2.66. The number of anilines is 1. The molecule has 3 aliphatic heterocycles. The first-order valence-electron chi connectivity index (χ1n) is 19.0. The lowest BCUT2D eigenvalue weighted by atomic mass is 10.0. The highest BCUT2D eigenvalue weighted by molar-refractivity contribution is 7.10. The van der Waals surface area contributed by atoms with Crippen molar-refractivity contribution in [3.63, 3.8) is 0 Å². The Balaban J connectivity index is 1.15. The highest BCUT2D eigenvalue weighted by atomic mass is 32.1. The van der Waals surface area contributed by atoms with E-state index >= 15 is 0 Å². The van der Waals surface area contributed by atoms with Crippen molar-refractivity contribution in [3.8, 4) is 0 Å². The van der Waals surface area contributed by atoms with E-state index in [1.54, 1.807) is 38.0 Å². The van der Waals surface area contributed by atoms with Crippen molar-refractivity contribution in [2.75, 3.05) is 57.3 Å². The van der Waals surface area contributed by atoms with Crippen LogP contribution < -0.4 is 10.2 Å². The summed E-state index contributed by atoms with van der Waals surface area (Å²) in [6, 6.07) is 3.77. The second kappa shape index (κ2) is 17.2. The van der Waals surface area contributed by atoms with Gasteiger partial charge in [0.15, 0.2) is 6.04 Å². The van der Waals surface area contributed by atoms with Crippen LogP contribution in [0.1, 0.15) is 91.8 Å². The van der Waals surface area contributed by atoms with Gasteiger partial charge in [0.25, 0.3) is 5.91 Å². The fourth-order valence-corrected chi connectivity index (χ4v) is 8.39. The van der Waals surface area contributed by atoms with Crippen molar-refractivity contribution in [1.29, 1.82) is 0 Å². The molecule has 1 aromatic carbocycles. The number of ketones is 1. The number of ether oxygens (including phenoxy) is 2. The second-order valence-electron chi connectivity index (χ2n) is 15.5. The van der Waals surface area contributed by atoms with Crippen LogP contribution in [0, 0.1) is 5.82 Å². The van der Waals surface area contributed by atoms with E-state index in [-0.39, 0.29) is 42.1 Å². The van der Waals surface area contributed by atoms with E-state index in [0.717, 1.165) is 13.0 Å². The number of esters is 2. The average molecular weight is 779 g/mol. The van der Waals surface area contributed by atoms with Gasteiger partial charge in [-0.15, -0.1) is 11.3 Å². The first-order valence-corrected chi connectivity index (χ1v) is 19.9. The van der Waals surface area contributed by atoms with Gasteiger partial charge in [0, 0.05) is 87.3 Å². The zero-order chi connectivity index (χ0) is 39.4.